The Labute approximate surface area is 126 Å². The number of hydrogen-bond donors (Lipinski definition) is 1. The predicted octanol–water partition coefficient (Wildman–Crippen LogP) is 3.55. The highest BCUT2D eigenvalue weighted by Gasteiger charge is 2.59. The second-order valence-corrected chi connectivity index (χ2v) is 7.25. The molecule has 3 heteroatoms. The number of hydrazone groups is 1. The van der Waals surface area contributed by atoms with Gasteiger partial charge in [0.05, 0.1) is 6.42 Å². The van der Waals surface area contributed by atoms with E-state index in [2.05, 4.69) is 31.3 Å². The lowest BCUT2D eigenvalue weighted by Crippen LogP contribution is -2.34. The van der Waals surface area contributed by atoms with E-state index in [-0.39, 0.29) is 11.3 Å². The lowest BCUT2D eigenvalue weighted by molar-refractivity contribution is -0.120. The van der Waals surface area contributed by atoms with Gasteiger partial charge in [-0.05, 0) is 36.2 Å². The molecule has 1 amide bonds. The minimum Gasteiger partial charge on any atom is -0.273 e. The van der Waals surface area contributed by atoms with Crippen LogP contribution < -0.4 is 5.43 Å². The van der Waals surface area contributed by atoms with Crippen molar-refractivity contribution in [3.05, 3.63) is 35.9 Å². The average Bonchev–Trinajstić information content (AvgIpc) is 2.79. The molecule has 2 atom stereocenters. The van der Waals surface area contributed by atoms with E-state index in [9.17, 15) is 4.79 Å². The molecule has 1 N–H and O–H groups in total. The molecular formula is C18H24N2O. The van der Waals surface area contributed by atoms with Gasteiger partial charge in [-0.3, -0.25) is 4.79 Å². The molecule has 0 saturated heterocycles. The summed E-state index contributed by atoms with van der Waals surface area (Å²) in [6.07, 6.45) is 3.91. The van der Waals surface area contributed by atoms with Crippen LogP contribution in [0.5, 0.6) is 0 Å². The molecule has 3 rings (SSSR count). The summed E-state index contributed by atoms with van der Waals surface area (Å²) >= 11 is 0. The van der Waals surface area contributed by atoms with Crippen LogP contribution in [0.25, 0.3) is 0 Å². The van der Waals surface area contributed by atoms with Crippen molar-refractivity contribution in [2.45, 2.75) is 46.5 Å². The fourth-order valence-electron chi connectivity index (χ4n) is 4.05. The number of carbonyl (C=O) groups is 1. The van der Waals surface area contributed by atoms with Crippen molar-refractivity contribution >= 4 is 11.6 Å². The number of carbonyl (C=O) groups excluding carboxylic acids is 1. The lowest BCUT2D eigenvalue weighted by Gasteiger charge is -2.34. The zero-order valence-electron chi connectivity index (χ0n) is 13.1. The Hall–Kier alpha value is -1.64. The van der Waals surface area contributed by atoms with E-state index in [0.717, 1.165) is 12.0 Å². The van der Waals surface area contributed by atoms with E-state index in [0.29, 0.717) is 17.8 Å². The van der Waals surface area contributed by atoms with Crippen LogP contribution in [0.1, 0.15) is 45.6 Å². The monoisotopic (exact) mass is 284 g/mol. The SMILES string of the molecule is CC1(C)[C@H]2CC[C@@]1(C)/C(=N/NC(=O)Cc1ccccc1)C2. The van der Waals surface area contributed by atoms with Gasteiger partial charge in [0.1, 0.15) is 0 Å². The third-order valence-corrected chi connectivity index (χ3v) is 6.04. The Morgan fingerprint density at radius 2 is 2.00 bits per heavy atom. The topological polar surface area (TPSA) is 41.5 Å². The maximum absolute atomic E-state index is 12.0. The molecule has 2 aliphatic rings. The van der Waals surface area contributed by atoms with Gasteiger partial charge in [0.25, 0.3) is 0 Å². The van der Waals surface area contributed by atoms with Gasteiger partial charge in [0.2, 0.25) is 5.91 Å². The van der Waals surface area contributed by atoms with Crippen molar-refractivity contribution < 1.29 is 4.79 Å². The molecule has 3 nitrogen and oxygen atoms in total. The number of rotatable bonds is 3. The largest absolute Gasteiger partial charge is 0.273 e. The van der Waals surface area contributed by atoms with Crippen LogP contribution in [-0.4, -0.2) is 11.6 Å². The first-order valence-electron chi connectivity index (χ1n) is 7.83. The van der Waals surface area contributed by atoms with Crippen LogP contribution in [0.4, 0.5) is 0 Å². The lowest BCUT2D eigenvalue weighted by atomic mass is 9.70. The summed E-state index contributed by atoms with van der Waals surface area (Å²) in [4.78, 5) is 12.0. The van der Waals surface area contributed by atoms with E-state index in [4.69, 9.17) is 0 Å². The molecule has 0 radical (unpaired) electrons. The molecule has 2 fully saturated rings. The normalized spacial score (nSPS) is 31.6. The molecule has 2 bridgehead atoms. The van der Waals surface area contributed by atoms with E-state index in [1.807, 2.05) is 30.3 Å². The number of amides is 1. The second-order valence-electron chi connectivity index (χ2n) is 7.25. The number of benzene rings is 1. The molecular weight excluding hydrogens is 260 g/mol. The van der Waals surface area contributed by atoms with E-state index in [1.54, 1.807) is 0 Å². The molecule has 2 aliphatic carbocycles. The third kappa shape index (κ3) is 2.29. The molecule has 0 spiro atoms. The molecule has 0 aromatic heterocycles. The van der Waals surface area contributed by atoms with Gasteiger partial charge in [-0.25, -0.2) is 5.43 Å². The highest BCUT2D eigenvalue weighted by Crippen LogP contribution is 2.63. The molecule has 112 valence electrons. The Balaban J connectivity index is 1.66. The number of hydrogen-bond acceptors (Lipinski definition) is 2. The van der Waals surface area contributed by atoms with Crippen molar-refractivity contribution in [3.63, 3.8) is 0 Å². The van der Waals surface area contributed by atoms with Crippen LogP contribution in [0.3, 0.4) is 0 Å². The standard InChI is InChI=1S/C18H24N2O/c1-17(2)14-9-10-18(17,3)15(12-14)19-20-16(21)11-13-7-5-4-6-8-13/h4-8,14H,9-12H2,1-3H3,(H,20,21)/b19-15+/t14-,18-/m0/s1. The summed E-state index contributed by atoms with van der Waals surface area (Å²) in [6, 6.07) is 9.80. The molecule has 0 heterocycles. The Bertz CT molecular complexity index is 576. The van der Waals surface area contributed by atoms with Gasteiger partial charge in [0, 0.05) is 11.1 Å². The minimum absolute atomic E-state index is 0.0297. The van der Waals surface area contributed by atoms with E-state index < -0.39 is 0 Å². The van der Waals surface area contributed by atoms with Crippen molar-refractivity contribution in [1.82, 2.24) is 5.43 Å². The first kappa shape index (κ1) is 14.3. The zero-order chi connectivity index (χ0) is 15.1. The molecule has 2 saturated carbocycles. The molecule has 0 aliphatic heterocycles. The van der Waals surface area contributed by atoms with Crippen LogP contribution >= 0.6 is 0 Å². The van der Waals surface area contributed by atoms with Crippen molar-refractivity contribution in [2.24, 2.45) is 21.8 Å². The van der Waals surface area contributed by atoms with Crippen LogP contribution in [0.2, 0.25) is 0 Å². The molecule has 0 unspecified atom stereocenters. The summed E-state index contributed by atoms with van der Waals surface area (Å²) in [5, 5.41) is 4.49. The summed E-state index contributed by atoms with van der Waals surface area (Å²) < 4.78 is 0. The van der Waals surface area contributed by atoms with Crippen LogP contribution in [-0.2, 0) is 11.2 Å². The summed E-state index contributed by atoms with van der Waals surface area (Å²) in [7, 11) is 0. The predicted molar refractivity (Wildman–Crippen MR) is 85.0 cm³/mol. The van der Waals surface area contributed by atoms with Crippen molar-refractivity contribution in [2.75, 3.05) is 0 Å². The van der Waals surface area contributed by atoms with E-state index in [1.165, 1.54) is 18.6 Å². The Morgan fingerprint density at radius 1 is 1.29 bits per heavy atom. The molecule has 1 aromatic carbocycles. The maximum Gasteiger partial charge on any atom is 0.244 e. The highest BCUT2D eigenvalue weighted by molar-refractivity contribution is 5.95. The Morgan fingerprint density at radius 3 is 2.57 bits per heavy atom. The Kier molecular flexibility index (Phi) is 3.39. The second kappa shape index (κ2) is 4.97. The van der Waals surface area contributed by atoms with Crippen molar-refractivity contribution in [1.29, 1.82) is 0 Å². The fourth-order valence-corrected chi connectivity index (χ4v) is 4.05. The van der Waals surface area contributed by atoms with Crippen LogP contribution in [0, 0.1) is 16.7 Å². The van der Waals surface area contributed by atoms with E-state index >= 15 is 0 Å². The smallest absolute Gasteiger partial charge is 0.244 e. The number of fused-ring (bicyclic) bond motifs is 2. The quantitative estimate of drug-likeness (QED) is 0.847. The average molecular weight is 284 g/mol. The van der Waals surface area contributed by atoms with Gasteiger partial charge in [-0.2, -0.15) is 5.10 Å². The molecule has 1 aromatic rings. The summed E-state index contributed by atoms with van der Waals surface area (Å²) in [5.74, 6) is 0.685. The molecule has 21 heavy (non-hydrogen) atoms. The first-order chi connectivity index (χ1) is 9.93. The van der Waals surface area contributed by atoms with Gasteiger partial charge >= 0.3 is 0 Å². The van der Waals surface area contributed by atoms with Gasteiger partial charge in [0.15, 0.2) is 0 Å². The number of nitrogens with one attached hydrogen (secondary N) is 1. The summed E-state index contributed by atoms with van der Waals surface area (Å²) in [5.41, 5.74) is 5.43. The van der Waals surface area contributed by atoms with Crippen LogP contribution in [0.15, 0.2) is 35.4 Å². The third-order valence-electron chi connectivity index (χ3n) is 6.04. The van der Waals surface area contributed by atoms with Gasteiger partial charge in [-0.1, -0.05) is 51.1 Å². The summed E-state index contributed by atoms with van der Waals surface area (Å²) in [6.45, 7) is 7.00. The zero-order valence-corrected chi connectivity index (χ0v) is 13.1. The minimum atomic E-state index is -0.0297. The highest BCUT2D eigenvalue weighted by atomic mass is 16.2. The first-order valence-corrected chi connectivity index (χ1v) is 7.83. The van der Waals surface area contributed by atoms with Gasteiger partial charge < -0.3 is 0 Å². The maximum atomic E-state index is 12.0. The van der Waals surface area contributed by atoms with Crippen molar-refractivity contribution in [3.8, 4) is 0 Å². The fraction of sp³-hybridized carbons (Fsp3) is 0.556. The van der Waals surface area contributed by atoms with Gasteiger partial charge in [-0.15, -0.1) is 0 Å². The number of nitrogens with zero attached hydrogens (tertiary/aromatic N) is 1.